The predicted octanol–water partition coefficient (Wildman–Crippen LogP) is -0.261. The number of ether oxygens (including phenoxy) is 1. The first-order valence-electron chi connectivity index (χ1n) is 7.08. The number of rotatable bonds is 6. The van der Waals surface area contributed by atoms with Gasteiger partial charge in [-0.2, -0.15) is 0 Å². The van der Waals surface area contributed by atoms with E-state index < -0.39 is 6.10 Å². The summed E-state index contributed by atoms with van der Waals surface area (Å²) < 4.78 is 5.29. The van der Waals surface area contributed by atoms with Crippen molar-refractivity contribution in [3.63, 3.8) is 0 Å². The van der Waals surface area contributed by atoms with Crippen LogP contribution in [0, 0.1) is 0 Å². The van der Waals surface area contributed by atoms with Gasteiger partial charge < -0.3 is 25.2 Å². The van der Waals surface area contributed by atoms with E-state index in [-0.39, 0.29) is 25.1 Å². The van der Waals surface area contributed by atoms with Crippen LogP contribution in [-0.4, -0.2) is 60.0 Å². The Labute approximate surface area is 124 Å². The zero-order chi connectivity index (χ0) is 15.2. The van der Waals surface area contributed by atoms with Crippen molar-refractivity contribution in [1.82, 2.24) is 10.2 Å². The maximum Gasteiger partial charge on any atom is 0.240 e. The lowest BCUT2D eigenvalue weighted by atomic mass is 10.1. The van der Waals surface area contributed by atoms with Gasteiger partial charge >= 0.3 is 0 Å². The minimum atomic E-state index is -0.485. The number of nitrogens with one attached hydrogen (secondary N) is 1. The van der Waals surface area contributed by atoms with Crippen LogP contribution in [0.4, 0.5) is 0 Å². The van der Waals surface area contributed by atoms with E-state index in [9.17, 15) is 15.0 Å². The molecule has 1 amide bonds. The van der Waals surface area contributed by atoms with E-state index in [0.717, 1.165) is 5.56 Å². The highest BCUT2D eigenvalue weighted by atomic mass is 16.5. The number of β-amino-alcohol motifs (C(OH)–C–C–N with tert-alkyl or cyclic N) is 1. The summed E-state index contributed by atoms with van der Waals surface area (Å²) in [6.45, 7) is 0.955. The molecule has 0 aromatic heterocycles. The van der Waals surface area contributed by atoms with Gasteiger partial charge in [0, 0.05) is 25.2 Å². The number of methoxy groups -OCH3 is 1. The molecule has 6 heteroatoms. The second-order valence-electron chi connectivity index (χ2n) is 5.15. The fourth-order valence-electron chi connectivity index (χ4n) is 2.55. The second kappa shape index (κ2) is 7.40. The molecule has 1 aromatic rings. The van der Waals surface area contributed by atoms with E-state index in [1.807, 2.05) is 24.3 Å². The maximum atomic E-state index is 12.5. The Morgan fingerprint density at radius 3 is 2.86 bits per heavy atom. The third-order valence-electron chi connectivity index (χ3n) is 3.64. The van der Waals surface area contributed by atoms with Crippen molar-refractivity contribution in [3.05, 3.63) is 29.8 Å². The standard InChI is InChI=1S/C15H22N2O4/c1-21-14-5-3-2-4-11(14)10-17(6-7-18)15(20)13-8-12(19)9-16-13/h2-5,12-13,16,18-19H,6-10H2,1H3. The summed E-state index contributed by atoms with van der Waals surface area (Å²) in [4.78, 5) is 14.1. The van der Waals surface area contributed by atoms with Gasteiger partial charge in [-0.05, 0) is 12.5 Å². The average Bonchev–Trinajstić information content (AvgIpc) is 2.93. The smallest absolute Gasteiger partial charge is 0.240 e. The van der Waals surface area contributed by atoms with Gasteiger partial charge in [0.25, 0.3) is 0 Å². The van der Waals surface area contributed by atoms with Crippen LogP contribution in [0.25, 0.3) is 0 Å². The Hall–Kier alpha value is -1.63. The van der Waals surface area contributed by atoms with Crippen molar-refractivity contribution in [1.29, 1.82) is 0 Å². The van der Waals surface area contributed by atoms with Crippen LogP contribution in [0.15, 0.2) is 24.3 Å². The Morgan fingerprint density at radius 1 is 1.48 bits per heavy atom. The molecular formula is C15H22N2O4. The van der Waals surface area contributed by atoms with Crippen LogP contribution < -0.4 is 10.1 Å². The number of para-hydroxylation sites is 1. The molecular weight excluding hydrogens is 272 g/mol. The van der Waals surface area contributed by atoms with E-state index >= 15 is 0 Å². The van der Waals surface area contributed by atoms with Gasteiger partial charge in [0.15, 0.2) is 0 Å². The highest BCUT2D eigenvalue weighted by Gasteiger charge is 2.31. The molecule has 1 fully saturated rings. The number of hydrogen-bond donors (Lipinski definition) is 3. The molecule has 0 radical (unpaired) electrons. The molecule has 1 aromatic carbocycles. The van der Waals surface area contributed by atoms with Crippen molar-refractivity contribution in [2.45, 2.75) is 25.1 Å². The lowest BCUT2D eigenvalue weighted by molar-refractivity contribution is -0.134. The number of aliphatic hydroxyl groups excluding tert-OH is 2. The number of carbonyl (C=O) groups is 1. The molecule has 0 spiro atoms. The van der Waals surface area contributed by atoms with Crippen molar-refractivity contribution in [2.75, 3.05) is 26.8 Å². The first kappa shape index (κ1) is 15.8. The Kier molecular flexibility index (Phi) is 5.55. The SMILES string of the molecule is COc1ccccc1CN(CCO)C(=O)C1CC(O)CN1. The summed E-state index contributed by atoms with van der Waals surface area (Å²) >= 11 is 0. The van der Waals surface area contributed by atoms with E-state index in [2.05, 4.69) is 5.32 Å². The second-order valence-corrected chi connectivity index (χ2v) is 5.15. The zero-order valence-corrected chi connectivity index (χ0v) is 12.2. The molecule has 1 saturated heterocycles. The van der Waals surface area contributed by atoms with Gasteiger partial charge in [-0.15, -0.1) is 0 Å². The van der Waals surface area contributed by atoms with Gasteiger partial charge in [0.05, 0.1) is 25.9 Å². The topological polar surface area (TPSA) is 82.0 Å². The average molecular weight is 294 g/mol. The van der Waals surface area contributed by atoms with Crippen LogP contribution in [-0.2, 0) is 11.3 Å². The van der Waals surface area contributed by atoms with E-state index in [0.29, 0.717) is 25.3 Å². The number of carbonyl (C=O) groups excluding carboxylic acids is 1. The molecule has 2 rings (SSSR count). The van der Waals surface area contributed by atoms with E-state index in [1.165, 1.54) is 0 Å². The third-order valence-corrected chi connectivity index (χ3v) is 3.64. The first-order valence-corrected chi connectivity index (χ1v) is 7.08. The van der Waals surface area contributed by atoms with Crippen LogP contribution in [0.1, 0.15) is 12.0 Å². The van der Waals surface area contributed by atoms with Crippen molar-refractivity contribution < 1.29 is 19.7 Å². The summed E-state index contributed by atoms with van der Waals surface area (Å²) in [6, 6.07) is 7.11. The first-order chi connectivity index (χ1) is 10.2. The minimum absolute atomic E-state index is 0.101. The fourth-order valence-corrected chi connectivity index (χ4v) is 2.55. The van der Waals surface area contributed by atoms with Crippen LogP contribution in [0.5, 0.6) is 5.75 Å². The van der Waals surface area contributed by atoms with Crippen molar-refractivity contribution >= 4 is 5.91 Å². The summed E-state index contributed by atoms with van der Waals surface area (Å²) in [7, 11) is 1.59. The number of benzene rings is 1. The summed E-state index contributed by atoms with van der Waals surface area (Å²) in [5.41, 5.74) is 0.889. The molecule has 6 nitrogen and oxygen atoms in total. The van der Waals surface area contributed by atoms with Gasteiger partial charge in [0.2, 0.25) is 5.91 Å². The third kappa shape index (κ3) is 3.93. The number of hydrogen-bond acceptors (Lipinski definition) is 5. The van der Waals surface area contributed by atoms with Gasteiger partial charge in [-0.1, -0.05) is 18.2 Å². The molecule has 116 valence electrons. The molecule has 0 saturated carbocycles. The van der Waals surface area contributed by atoms with Crippen molar-refractivity contribution in [3.8, 4) is 5.75 Å². The number of nitrogens with zero attached hydrogens (tertiary/aromatic N) is 1. The number of amides is 1. The molecule has 0 bridgehead atoms. The lowest BCUT2D eigenvalue weighted by Crippen LogP contribution is -2.44. The highest BCUT2D eigenvalue weighted by Crippen LogP contribution is 2.20. The zero-order valence-electron chi connectivity index (χ0n) is 12.2. The van der Waals surface area contributed by atoms with E-state index in [4.69, 9.17) is 4.74 Å². The lowest BCUT2D eigenvalue weighted by Gasteiger charge is -2.25. The Balaban J connectivity index is 2.09. The molecule has 2 unspecified atom stereocenters. The molecule has 1 heterocycles. The number of aliphatic hydroxyl groups is 2. The fraction of sp³-hybridized carbons (Fsp3) is 0.533. The van der Waals surface area contributed by atoms with Crippen LogP contribution >= 0.6 is 0 Å². The Bertz CT molecular complexity index is 480. The predicted molar refractivity (Wildman–Crippen MR) is 77.9 cm³/mol. The normalized spacial score (nSPS) is 21.3. The van der Waals surface area contributed by atoms with Gasteiger partial charge in [-0.3, -0.25) is 4.79 Å². The van der Waals surface area contributed by atoms with Gasteiger partial charge in [0.1, 0.15) is 5.75 Å². The highest BCUT2D eigenvalue weighted by molar-refractivity contribution is 5.82. The molecule has 21 heavy (non-hydrogen) atoms. The molecule has 2 atom stereocenters. The van der Waals surface area contributed by atoms with Crippen LogP contribution in [0.2, 0.25) is 0 Å². The quantitative estimate of drug-likeness (QED) is 0.673. The molecule has 3 N–H and O–H groups in total. The molecule has 1 aliphatic heterocycles. The van der Waals surface area contributed by atoms with Gasteiger partial charge in [-0.25, -0.2) is 0 Å². The Morgan fingerprint density at radius 2 is 2.24 bits per heavy atom. The molecule has 0 aliphatic carbocycles. The minimum Gasteiger partial charge on any atom is -0.496 e. The summed E-state index contributed by atoms with van der Waals surface area (Å²) in [5.74, 6) is 0.610. The monoisotopic (exact) mass is 294 g/mol. The summed E-state index contributed by atoms with van der Waals surface area (Å²) in [6.07, 6.45) is -0.0756. The maximum absolute atomic E-state index is 12.5. The molecule has 1 aliphatic rings. The van der Waals surface area contributed by atoms with Crippen molar-refractivity contribution in [2.24, 2.45) is 0 Å². The summed E-state index contributed by atoms with van der Waals surface area (Å²) in [5, 5.41) is 21.7. The largest absolute Gasteiger partial charge is 0.496 e. The van der Waals surface area contributed by atoms with E-state index in [1.54, 1.807) is 12.0 Å². The van der Waals surface area contributed by atoms with Crippen LogP contribution in [0.3, 0.4) is 0 Å².